The van der Waals surface area contributed by atoms with Gasteiger partial charge in [-0.1, -0.05) is 35.2 Å². The molecule has 1 aromatic carbocycles. The zero-order valence-corrected chi connectivity index (χ0v) is 17.8. The highest BCUT2D eigenvalue weighted by molar-refractivity contribution is 6.42. The summed E-state index contributed by atoms with van der Waals surface area (Å²) in [5.74, 6) is 2.28. The van der Waals surface area contributed by atoms with Crippen LogP contribution in [0.1, 0.15) is 39.2 Å². The summed E-state index contributed by atoms with van der Waals surface area (Å²) >= 11 is 12.3. The summed E-state index contributed by atoms with van der Waals surface area (Å²) in [6, 6.07) is 5.48. The minimum Gasteiger partial charge on any atom is -0.444 e. The third kappa shape index (κ3) is 3.56. The van der Waals surface area contributed by atoms with Gasteiger partial charge in [-0.2, -0.15) is 0 Å². The summed E-state index contributed by atoms with van der Waals surface area (Å²) in [4.78, 5) is 27.3. The fourth-order valence-electron chi connectivity index (χ4n) is 4.21. The molecule has 0 aromatic heterocycles. The summed E-state index contributed by atoms with van der Waals surface area (Å²) in [6.45, 7) is 6.38. The molecule has 2 aliphatic rings. The van der Waals surface area contributed by atoms with Gasteiger partial charge in [0.15, 0.2) is 0 Å². The number of nitrogens with one attached hydrogen (secondary N) is 1. The lowest BCUT2D eigenvalue weighted by atomic mass is 9.79. The minimum absolute atomic E-state index is 0.143. The van der Waals surface area contributed by atoms with Crippen LogP contribution in [0, 0.1) is 17.8 Å². The molecule has 7 heteroatoms. The molecule has 0 bridgehead atoms. The topological polar surface area (TPSA) is 58.6 Å². The van der Waals surface area contributed by atoms with Crippen LogP contribution in [0.2, 0.25) is 10.0 Å². The smallest absolute Gasteiger partial charge is 0.410 e. The first kappa shape index (κ1) is 20.8. The summed E-state index contributed by atoms with van der Waals surface area (Å²) in [7, 11) is 0. The predicted molar refractivity (Wildman–Crippen MR) is 109 cm³/mol. The second kappa shape index (κ2) is 7.17. The number of rotatable bonds is 3. The van der Waals surface area contributed by atoms with Crippen molar-refractivity contribution in [3.63, 3.8) is 0 Å². The number of fused-ring (bicyclic) bond motifs is 1. The van der Waals surface area contributed by atoms with Gasteiger partial charge in [0.05, 0.1) is 22.0 Å². The number of terminal acetylenes is 1. The highest BCUT2D eigenvalue weighted by atomic mass is 35.5. The normalized spacial score (nSPS) is 26.1. The maximum atomic E-state index is 13.1. The second-order valence-corrected chi connectivity index (χ2v) is 9.32. The Morgan fingerprint density at radius 2 is 2.04 bits per heavy atom. The average Bonchev–Trinajstić information content (AvgIpc) is 3.31. The fraction of sp³-hybridized carbons (Fsp3) is 0.524. The molecule has 0 unspecified atom stereocenters. The molecule has 1 heterocycles. The van der Waals surface area contributed by atoms with E-state index < -0.39 is 22.5 Å². The molecule has 1 N–H and O–H groups in total. The number of carbonyl (C=O) groups is 2. The molecule has 28 heavy (non-hydrogen) atoms. The van der Waals surface area contributed by atoms with E-state index in [1.807, 2.05) is 32.9 Å². The number of nitrogens with zero attached hydrogens (tertiary/aromatic N) is 1. The van der Waals surface area contributed by atoms with Crippen molar-refractivity contribution in [3.8, 4) is 12.3 Å². The maximum absolute atomic E-state index is 13.1. The number of piperidine rings is 1. The summed E-state index contributed by atoms with van der Waals surface area (Å²) in [6.07, 6.45) is 6.15. The molecule has 1 aliphatic carbocycles. The second-order valence-electron chi connectivity index (χ2n) is 8.51. The third-order valence-corrected chi connectivity index (χ3v) is 6.31. The first-order chi connectivity index (χ1) is 13.0. The Bertz CT molecular complexity index is 858. The highest BCUT2D eigenvalue weighted by Crippen LogP contribution is 2.69. The summed E-state index contributed by atoms with van der Waals surface area (Å²) in [5, 5.41) is 3.72. The Morgan fingerprint density at radius 3 is 2.64 bits per heavy atom. The van der Waals surface area contributed by atoms with Crippen LogP contribution in [0.15, 0.2) is 18.2 Å². The van der Waals surface area contributed by atoms with E-state index in [0.29, 0.717) is 29.4 Å². The van der Waals surface area contributed by atoms with E-state index in [-0.39, 0.29) is 19.0 Å². The molecular weight excluding hydrogens is 399 g/mol. The Labute approximate surface area is 175 Å². The Balaban J connectivity index is 1.91. The van der Waals surface area contributed by atoms with E-state index in [1.54, 1.807) is 11.0 Å². The Kier molecular flexibility index (Phi) is 5.33. The summed E-state index contributed by atoms with van der Waals surface area (Å²) in [5.41, 5.74) is -0.784. The SMILES string of the molecule is C#CCNC(=O)[C@]12CN(C(=O)OC(C)(C)C)CC[C@@]1(c1ccc(Cl)c(Cl)c1)C2. The first-order valence-electron chi connectivity index (χ1n) is 9.20. The van der Waals surface area contributed by atoms with Gasteiger partial charge in [0.25, 0.3) is 0 Å². The summed E-state index contributed by atoms with van der Waals surface area (Å²) < 4.78 is 5.51. The zero-order valence-electron chi connectivity index (χ0n) is 16.3. The van der Waals surface area contributed by atoms with Crippen molar-refractivity contribution >= 4 is 35.2 Å². The minimum atomic E-state index is -0.754. The average molecular weight is 423 g/mol. The van der Waals surface area contributed by atoms with Crippen molar-refractivity contribution in [2.24, 2.45) is 5.41 Å². The van der Waals surface area contributed by atoms with Gasteiger partial charge in [0, 0.05) is 18.5 Å². The molecule has 2 atom stereocenters. The number of benzene rings is 1. The number of hydrogen-bond acceptors (Lipinski definition) is 3. The molecular formula is C21H24Cl2N2O3. The van der Waals surface area contributed by atoms with Crippen LogP contribution in [0.3, 0.4) is 0 Å². The van der Waals surface area contributed by atoms with Crippen molar-refractivity contribution < 1.29 is 14.3 Å². The van der Waals surface area contributed by atoms with Gasteiger partial charge in [0.1, 0.15) is 5.60 Å². The van der Waals surface area contributed by atoms with Crippen molar-refractivity contribution in [2.75, 3.05) is 19.6 Å². The molecule has 2 amide bonds. The van der Waals surface area contributed by atoms with Gasteiger partial charge in [-0.3, -0.25) is 4.79 Å². The van der Waals surface area contributed by atoms with Crippen molar-refractivity contribution in [1.29, 1.82) is 0 Å². The van der Waals surface area contributed by atoms with Crippen LogP contribution in [0.4, 0.5) is 4.79 Å². The fourth-order valence-corrected chi connectivity index (χ4v) is 4.50. The van der Waals surface area contributed by atoms with Crippen LogP contribution in [-0.4, -0.2) is 42.1 Å². The largest absolute Gasteiger partial charge is 0.444 e. The van der Waals surface area contributed by atoms with Crippen LogP contribution >= 0.6 is 23.2 Å². The Hall–Kier alpha value is -1.90. The van der Waals surface area contributed by atoms with Gasteiger partial charge in [-0.05, 0) is 51.3 Å². The molecule has 1 aliphatic heterocycles. The van der Waals surface area contributed by atoms with E-state index in [1.165, 1.54) is 0 Å². The molecule has 5 nitrogen and oxygen atoms in total. The number of amides is 2. The molecule has 0 radical (unpaired) electrons. The molecule has 0 spiro atoms. The molecule has 1 aromatic rings. The van der Waals surface area contributed by atoms with Crippen LogP contribution in [0.25, 0.3) is 0 Å². The number of ether oxygens (including phenoxy) is 1. The molecule has 2 fully saturated rings. The van der Waals surface area contributed by atoms with Gasteiger partial charge in [0.2, 0.25) is 5.91 Å². The van der Waals surface area contributed by atoms with Crippen molar-refractivity contribution in [2.45, 2.75) is 44.6 Å². The number of likely N-dealkylation sites (tertiary alicyclic amines) is 1. The number of halogens is 2. The van der Waals surface area contributed by atoms with Gasteiger partial charge >= 0.3 is 6.09 Å². The lowest BCUT2D eigenvalue weighted by Gasteiger charge is -2.38. The molecule has 1 saturated carbocycles. The number of carbonyl (C=O) groups excluding carboxylic acids is 2. The molecule has 3 rings (SSSR count). The van der Waals surface area contributed by atoms with Gasteiger partial charge < -0.3 is 15.0 Å². The van der Waals surface area contributed by atoms with Crippen LogP contribution in [0.5, 0.6) is 0 Å². The van der Waals surface area contributed by atoms with Crippen molar-refractivity contribution in [1.82, 2.24) is 10.2 Å². The highest BCUT2D eigenvalue weighted by Gasteiger charge is 2.74. The van der Waals surface area contributed by atoms with Crippen LogP contribution < -0.4 is 5.32 Å². The quantitative estimate of drug-likeness (QED) is 0.748. The van der Waals surface area contributed by atoms with E-state index >= 15 is 0 Å². The molecule has 1 saturated heterocycles. The maximum Gasteiger partial charge on any atom is 0.410 e. The van der Waals surface area contributed by atoms with E-state index in [4.69, 9.17) is 34.4 Å². The van der Waals surface area contributed by atoms with E-state index in [9.17, 15) is 9.59 Å². The van der Waals surface area contributed by atoms with Crippen LogP contribution in [-0.2, 0) is 14.9 Å². The monoisotopic (exact) mass is 422 g/mol. The predicted octanol–water partition coefficient (Wildman–Crippen LogP) is 4.01. The number of hydrogen-bond donors (Lipinski definition) is 1. The third-order valence-electron chi connectivity index (χ3n) is 5.57. The van der Waals surface area contributed by atoms with Crippen molar-refractivity contribution in [3.05, 3.63) is 33.8 Å². The lowest BCUT2D eigenvalue weighted by Crippen LogP contribution is -2.52. The lowest BCUT2D eigenvalue weighted by molar-refractivity contribution is -0.128. The standard InChI is InChI=1S/C21H24Cl2N2O3/c1-5-9-24-17(26)21-12-20(21,14-6-7-15(22)16(23)11-14)8-10-25(13-21)18(27)28-19(2,3)4/h1,6-7,11H,8-10,12-13H2,2-4H3,(H,24,26)/t20-,21-/m0/s1. The molecule has 150 valence electrons. The van der Waals surface area contributed by atoms with E-state index in [0.717, 1.165) is 5.56 Å². The first-order valence-corrected chi connectivity index (χ1v) is 9.95. The van der Waals surface area contributed by atoms with E-state index in [2.05, 4.69) is 11.2 Å². The zero-order chi connectivity index (χ0) is 20.7. The van der Waals surface area contributed by atoms with Gasteiger partial charge in [-0.15, -0.1) is 6.42 Å². The Morgan fingerprint density at radius 1 is 1.32 bits per heavy atom. The van der Waals surface area contributed by atoms with Gasteiger partial charge in [-0.25, -0.2) is 4.79 Å².